The van der Waals surface area contributed by atoms with Crippen molar-refractivity contribution in [3.05, 3.63) is 63.9 Å². The first-order valence-corrected chi connectivity index (χ1v) is 7.95. The normalized spacial score (nSPS) is 12.2. The Bertz CT molecular complexity index is 870. The Balaban J connectivity index is 1.57. The van der Waals surface area contributed by atoms with Gasteiger partial charge < -0.3 is 9.47 Å². The Morgan fingerprint density at radius 3 is 2.72 bits per heavy atom. The van der Waals surface area contributed by atoms with E-state index in [1.165, 1.54) is 24.3 Å². The van der Waals surface area contributed by atoms with Crippen LogP contribution >= 0.6 is 15.9 Å². The highest BCUT2D eigenvalue weighted by molar-refractivity contribution is 9.10. The standard InChI is InChI=1S/C17H12BrFN2O4/c18-12-3-4-13(19)10(7-12)2-6-16(22)20-21-17(23)11-1-5-14-15(8-11)25-9-24-14/h1-8H,9H2,(H,20,22)(H,21,23)/b6-2+. The van der Waals surface area contributed by atoms with Gasteiger partial charge in [-0.25, -0.2) is 4.39 Å². The fourth-order valence-corrected chi connectivity index (χ4v) is 2.46. The lowest BCUT2D eigenvalue weighted by Crippen LogP contribution is -2.40. The second-order valence-corrected chi connectivity index (χ2v) is 5.93. The first-order valence-electron chi connectivity index (χ1n) is 7.16. The molecule has 0 bridgehead atoms. The van der Waals surface area contributed by atoms with Crippen LogP contribution in [0.3, 0.4) is 0 Å². The molecule has 2 N–H and O–H groups in total. The summed E-state index contributed by atoms with van der Waals surface area (Å²) in [6.07, 6.45) is 2.42. The quantitative estimate of drug-likeness (QED) is 0.606. The highest BCUT2D eigenvalue weighted by Gasteiger charge is 2.16. The number of hydrazine groups is 1. The Hall–Kier alpha value is -2.87. The van der Waals surface area contributed by atoms with Crippen LogP contribution in [-0.2, 0) is 4.79 Å². The van der Waals surface area contributed by atoms with Crippen molar-refractivity contribution in [2.45, 2.75) is 0 Å². The van der Waals surface area contributed by atoms with Gasteiger partial charge in [-0.1, -0.05) is 15.9 Å². The Kier molecular flexibility index (Phi) is 4.99. The van der Waals surface area contributed by atoms with Crippen LogP contribution in [-0.4, -0.2) is 18.6 Å². The number of ether oxygens (including phenoxy) is 2. The summed E-state index contributed by atoms with van der Waals surface area (Å²) in [5.74, 6) is -0.567. The molecule has 0 fully saturated rings. The van der Waals surface area contributed by atoms with Gasteiger partial charge >= 0.3 is 0 Å². The molecule has 2 aromatic carbocycles. The average Bonchev–Trinajstić information content (AvgIpc) is 3.08. The van der Waals surface area contributed by atoms with E-state index >= 15 is 0 Å². The third-order valence-electron chi connectivity index (χ3n) is 3.31. The topological polar surface area (TPSA) is 76.7 Å². The highest BCUT2D eigenvalue weighted by Crippen LogP contribution is 2.32. The van der Waals surface area contributed by atoms with Gasteiger partial charge in [0.2, 0.25) is 6.79 Å². The monoisotopic (exact) mass is 406 g/mol. The molecule has 0 unspecified atom stereocenters. The van der Waals surface area contributed by atoms with Crippen LogP contribution in [0, 0.1) is 5.82 Å². The minimum absolute atomic E-state index is 0.105. The summed E-state index contributed by atoms with van der Waals surface area (Å²) in [5.41, 5.74) is 5.02. The molecular weight excluding hydrogens is 395 g/mol. The summed E-state index contributed by atoms with van der Waals surface area (Å²) < 4.78 is 24.6. The van der Waals surface area contributed by atoms with E-state index in [1.54, 1.807) is 18.2 Å². The smallest absolute Gasteiger partial charge is 0.269 e. The molecule has 0 saturated heterocycles. The molecule has 3 rings (SSSR count). The van der Waals surface area contributed by atoms with E-state index in [1.807, 2.05) is 0 Å². The van der Waals surface area contributed by atoms with Crippen molar-refractivity contribution in [3.8, 4) is 11.5 Å². The molecule has 0 spiro atoms. The first kappa shape index (κ1) is 17.0. The van der Waals surface area contributed by atoms with Gasteiger partial charge in [0.15, 0.2) is 11.5 Å². The van der Waals surface area contributed by atoms with Gasteiger partial charge in [-0.2, -0.15) is 0 Å². The van der Waals surface area contributed by atoms with E-state index in [0.717, 1.165) is 6.08 Å². The number of rotatable bonds is 3. The molecule has 25 heavy (non-hydrogen) atoms. The van der Waals surface area contributed by atoms with E-state index in [9.17, 15) is 14.0 Å². The summed E-state index contributed by atoms with van der Waals surface area (Å²) in [6.45, 7) is 0.105. The van der Waals surface area contributed by atoms with Gasteiger partial charge in [0, 0.05) is 21.7 Å². The van der Waals surface area contributed by atoms with Gasteiger partial charge in [-0.15, -0.1) is 0 Å². The number of carbonyl (C=O) groups excluding carboxylic acids is 2. The van der Waals surface area contributed by atoms with Crippen molar-refractivity contribution in [1.82, 2.24) is 10.9 Å². The van der Waals surface area contributed by atoms with Crippen LogP contribution in [0.2, 0.25) is 0 Å². The molecule has 1 heterocycles. The first-order chi connectivity index (χ1) is 12.0. The molecule has 2 amide bonds. The van der Waals surface area contributed by atoms with Gasteiger partial charge in [0.1, 0.15) is 5.82 Å². The fourth-order valence-electron chi connectivity index (χ4n) is 2.08. The number of amides is 2. The van der Waals surface area contributed by atoms with Gasteiger partial charge in [-0.05, 0) is 42.5 Å². The molecule has 0 atom stereocenters. The molecule has 0 aliphatic carbocycles. The Morgan fingerprint density at radius 1 is 1.08 bits per heavy atom. The number of benzene rings is 2. The fraction of sp³-hybridized carbons (Fsp3) is 0.0588. The predicted molar refractivity (Wildman–Crippen MR) is 91.3 cm³/mol. The highest BCUT2D eigenvalue weighted by atomic mass is 79.9. The Morgan fingerprint density at radius 2 is 1.88 bits per heavy atom. The molecule has 0 aromatic heterocycles. The van der Waals surface area contributed by atoms with E-state index in [4.69, 9.17) is 9.47 Å². The lowest BCUT2D eigenvalue weighted by atomic mass is 10.2. The third-order valence-corrected chi connectivity index (χ3v) is 3.80. The average molecular weight is 407 g/mol. The number of carbonyl (C=O) groups is 2. The van der Waals surface area contributed by atoms with Crippen molar-refractivity contribution >= 4 is 33.8 Å². The summed E-state index contributed by atoms with van der Waals surface area (Å²) >= 11 is 3.22. The minimum atomic E-state index is -0.603. The van der Waals surface area contributed by atoms with Crippen molar-refractivity contribution < 1.29 is 23.5 Å². The maximum absolute atomic E-state index is 13.6. The summed E-state index contributed by atoms with van der Waals surface area (Å²) in [7, 11) is 0. The zero-order chi connectivity index (χ0) is 17.8. The van der Waals surface area contributed by atoms with Crippen LogP contribution in [0.25, 0.3) is 6.08 Å². The lowest BCUT2D eigenvalue weighted by molar-refractivity contribution is -0.117. The molecular formula is C17H12BrFN2O4. The Labute approximate surface area is 150 Å². The van der Waals surface area contributed by atoms with Crippen molar-refractivity contribution in [2.75, 3.05) is 6.79 Å². The SMILES string of the molecule is O=C(/C=C/c1cc(Br)ccc1F)NNC(=O)c1ccc2c(c1)OCO2. The lowest BCUT2D eigenvalue weighted by Gasteiger charge is -2.06. The second-order valence-electron chi connectivity index (χ2n) is 5.01. The van der Waals surface area contributed by atoms with Crippen molar-refractivity contribution in [2.24, 2.45) is 0 Å². The van der Waals surface area contributed by atoms with E-state index in [0.29, 0.717) is 21.5 Å². The van der Waals surface area contributed by atoms with E-state index in [2.05, 4.69) is 26.8 Å². The molecule has 6 nitrogen and oxygen atoms in total. The number of fused-ring (bicyclic) bond motifs is 1. The van der Waals surface area contributed by atoms with Crippen LogP contribution in [0.1, 0.15) is 15.9 Å². The maximum atomic E-state index is 13.6. The summed E-state index contributed by atoms with van der Waals surface area (Å²) in [5, 5.41) is 0. The van der Waals surface area contributed by atoms with Gasteiger partial charge in [0.25, 0.3) is 11.8 Å². The van der Waals surface area contributed by atoms with Crippen molar-refractivity contribution in [3.63, 3.8) is 0 Å². The van der Waals surface area contributed by atoms with Crippen LogP contribution in [0.4, 0.5) is 4.39 Å². The largest absolute Gasteiger partial charge is 0.454 e. The van der Waals surface area contributed by atoms with Gasteiger partial charge in [-0.3, -0.25) is 20.4 Å². The predicted octanol–water partition coefficient (Wildman–Crippen LogP) is 2.79. The van der Waals surface area contributed by atoms with E-state index in [-0.39, 0.29) is 12.4 Å². The van der Waals surface area contributed by atoms with Crippen molar-refractivity contribution in [1.29, 1.82) is 0 Å². The number of hydrogen-bond acceptors (Lipinski definition) is 4. The minimum Gasteiger partial charge on any atom is -0.454 e. The molecule has 2 aromatic rings. The second kappa shape index (κ2) is 7.35. The molecule has 128 valence electrons. The summed E-state index contributed by atoms with van der Waals surface area (Å²) in [4.78, 5) is 23.8. The third kappa shape index (κ3) is 4.16. The molecule has 0 saturated carbocycles. The molecule has 8 heteroatoms. The number of halogens is 2. The molecule has 1 aliphatic heterocycles. The number of hydrogen-bond donors (Lipinski definition) is 2. The van der Waals surface area contributed by atoms with Crippen LogP contribution in [0.15, 0.2) is 46.9 Å². The van der Waals surface area contributed by atoms with Crippen LogP contribution < -0.4 is 20.3 Å². The van der Waals surface area contributed by atoms with Crippen LogP contribution in [0.5, 0.6) is 11.5 Å². The molecule has 1 aliphatic rings. The molecule has 0 radical (unpaired) electrons. The van der Waals surface area contributed by atoms with E-state index < -0.39 is 17.6 Å². The van der Waals surface area contributed by atoms with Gasteiger partial charge in [0.05, 0.1) is 0 Å². The maximum Gasteiger partial charge on any atom is 0.269 e. The number of nitrogens with one attached hydrogen (secondary N) is 2. The zero-order valence-electron chi connectivity index (χ0n) is 12.7. The zero-order valence-corrected chi connectivity index (χ0v) is 14.3. The summed E-state index contributed by atoms with van der Waals surface area (Å²) in [6, 6.07) is 9.03.